The zero-order valence-corrected chi connectivity index (χ0v) is 9.57. The summed E-state index contributed by atoms with van der Waals surface area (Å²) >= 11 is 0. The minimum Gasteiger partial charge on any atom is -0.270 e. The van der Waals surface area contributed by atoms with Gasteiger partial charge in [-0.2, -0.15) is 12.2 Å². The van der Waals surface area contributed by atoms with E-state index in [1.165, 1.54) is 11.1 Å². The summed E-state index contributed by atoms with van der Waals surface area (Å²) < 4.78 is 0. The third-order valence-electron chi connectivity index (χ3n) is 1.73. The Morgan fingerprint density at radius 1 is 0.923 bits per heavy atom. The summed E-state index contributed by atoms with van der Waals surface area (Å²) in [4.78, 5) is 0. The first-order valence-electron chi connectivity index (χ1n) is 4.27. The summed E-state index contributed by atoms with van der Waals surface area (Å²) in [5, 5.41) is 0. The van der Waals surface area contributed by atoms with Gasteiger partial charge in [-0.15, -0.1) is 12.8 Å². The summed E-state index contributed by atoms with van der Waals surface area (Å²) in [7, 11) is 0. The van der Waals surface area contributed by atoms with Gasteiger partial charge in [0, 0.05) is 0 Å². The monoisotopic (exact) mass is 209 g/mol. The Kier molecular flexibility index (Phi) is 6.75. The fourth-order valence-electron chi connectivity index (χ4n) is 1.03. The van der Waals surface area contributed by atoms with E-state index in [1.807, 2.05) is 0 Å². The fourth-order valence-corrected chi connectivity index (χ4v) is 1.03. The summed E-state index contributed by atoms with van der Waals surface area (Å²) in [5.74, 6) is 0. The number of hydrogen-bond donors (Lipinski definition) is 0. The van der Waals surface area contributed by atoms with Crippen LogP contribution in [0.25, 0.3) is 0 Å². The standard InChI is InChI=1S/2C6H7.V/c2*1-6-4-2-3-5-6;/h2*2,4H,3H2,1H3;/q2*-1;+2. The van der Waals surface area contributed by atoms with E-state index in [1.54, 1.807) is 0 Å². The average Bonchev–Trinajstić information content (AvgIpc) is 2.63. The predicted octanol–water partition coefficient (Wildman–Crippen LogP) is 3.39. The van der Waals surface area contributed by atoms with Crippen molar-refractivity contribution in [3.05, 3.63) is 47.6 Å². The van der Waals surface area contributed by atoms with Crippen LogP contribution in [0.5, 0.6) is 0 Å². The fraction of sp³-hybridized carbons (Fsp3) is 0.333. The smallest absolute Gasteiger partial charge is 0.270 e. The molecule has 2 aliphatic carbocycles. The SMILES string of the molecule is CC1=[C-]CC=C1.CC1=[C-]CC=C1.[V+2]. The topological polar surface area (TPSA) is 0 Å². The molecule has 2 aliphatic rings. The maximum absolute atomic E-state index is 3.12. The normalized spacial score (nSPS) is 17.1. The van der Waals surface area contributed by atoms with Crippen LogP contribution in [0.3, 0.4) is 0 Å². The second-order valence-corrected chi connectivity index (χ2v) is 2.93. The molecule has 0 aromatic heterocycles. The van der Waals surface area contributed by atoms with Crippen molar-refractivity contribution < 1.29 is 18.6 Å². The zero-order chi connectivity index (χ0) is 8.81. The van der Waals surface area contributed by atoms with Crippen LogP contribution in [0, 0.1) is 12.2 Å². The van der Waals surface area contributed by atoms with Crippen molar-refractivity contribution >= 4 is 0 Å². The summed E-state index contributed by atoms with van der Waals surface area (Å²) in [6.07, 6.45) is 16.7. The first-order chi connectivity index (χ1) is 5.79. The molecule has 1 heteroatoms. The Balaban J connectivity index is 0.000000206. The zero-order valence-electron chi connectivity index (χ0n) is 8.17. The van der Waals surface area contributed by atoms with Crippen molar-refractivity contribution in [3.63, 3.8) is 0 Å². The maximum atomic E-state index is 3.12. The van der Waals surface area contributed by atoms with Crippen LogP contribution in [-0.2, 0) is 18.6 Å². The van der Waals surface area contributed by atoms with Crippen molar-refractivity contribution in [3.8, 4) is 0 Å². The molecule has 0 N–H and O–H groups in total. The third-order valence-corrected chi connectivity index (χ3v) is 1.73. The van der Waals surface area contributed by atoms with Crippen LogP contribution in [0.1, 0.15) is 26.7 Å². The van der Waals surface area contributed by atoms with E-state index < -0.39 is 0 Å². The molecule has 67 valence electrons. The van der Waals surface area contributed by atoms with E-state index in [4.69, 9.17) is 0 Å². The van der Waals surface area contributed by atoms with Crippen LogP contribution in [0.4, 0.5) is 0 Å². The van der Waals surface area contributed by atoms with Gasteiger partial charge in [-0.3, -0.25) is 12.2 Å². The van der Waals surface area contributed by atoms with Gasteiger partial charge in [-0.25, -0.2) is 23.3 Å². The van der Waals surface area contributed by atoms with Gasteiger partial charge in [0.1, 0.15) is 0 Å². The van der Waals surface area contributed by atoms with Gasteiger partial charge in [0.15, 0.2) is 0 Å². The molecule has 0 bridgehead atoms. The quantitative estimate of drug-likeness (QED) is 0.536. The Bertz CT molecular complexity index is 221. The average molecular weight is 209 g/mol. The predicted molar refractivity (Wildman–Crippen MR) is 52.4 cm³/mol. The van der Waals surface area contributed by atoms with Gasteiger partial charge >= 0.3 is 18.6 Å². The summed E-state index contributed by atoms with van der Waals surface area (Å²) in [6, 6.07) is 0. The van der Waals surface area contributed by atoms with Crippen LogP contribution in [-0.4, -0.2) is 0 Å². The maximum Gasteiger partial charge on any atom is 2.00 e. The largest absolute Gasteiger partial charge is 2.00 e. The molecule has 1 radical (unpaired) electrons. The summed E-state index contributed by atoms with van der Waals surface area (Å²) in [5.41, 5.74) is 2.55. The molecule has 0 spiro atoms. The van der Waals surface area contributed by atoms with Gasteiger partial charge < -0.3 is 0 Å². The Hall–Kier alpha value is -0.456. The van der Waals surface area contributed by atoms with Crippen molar-refractivity contribution in [2.75, 3.05) is 0 Å². The Labute approximate surface area is 93.0 Å². The van der Waals surface area contributed by atoms with Crippen molar-refractivity contribution in [1.82, 2.24) is 0 Å². The molecule has 13 heavy (non-hydrogen) atoms. The van der Waals surface area contributed by atoms with E-state index in [-0.39, 0.29) is 18.6 Å². The van der Waals surface area contributed by atoms with Gasteiger partial charge in [0.25, 0.3) is 0 Å². The van der Waals surface area contributed by atoms with Crippen LogP contribution in [0.2, 0.25) is 0 Å². The van der Waals surface area contributed by atoms with Crippen LogP contribution < -0.4 is 0 Å². The number of rotatable bonds is 0. The first kappa shape index (κ1) is 12.5. The van der Waals surface area contributed by atoms with Crippen LogP contribution in [0.15, 0.2) is 35.5 Å². The van der Waals surface area contributed by atoms with E-state index in [0.717, 1.165) is 12.8 Å². The molecule has 2 rings (SSSR count). The van der Waals surface area contributed by atoms with Gasteiger partial charge in [0.05, 0.1) is 0 Å². The molecular formula is C12H14V. The molecule has 0 aromatic rings. The van der Waals surface area contributed by atoms with Gasteiger partial charge in [-0.1, -0.05) is 13.8 Å². The first-order valence-corrected chi connectivity index (χ1v) is 4.27. The molecule has 0 unspecified atom stereocenters. The van der Waals surface area contributed by atoms with Crippen molar-refractivity contribution in [1.29, 1.82) is 0 Å². The van der Waals surface area contributed by atoms with Gasteiger partial charge in [-0.05, 0) is 0 Å². The third kappa shape index (κ3) is 5.73. The molecule has 0 saturated carbocycles. The van der Waals surface area contributed by atoms with Crippen LogP contribution >= 0.6 is 0 Å². The minimum absolute atomic E-state index is 0. The van der Waals surface area contributed by atoms with E-state index >= 15 is 0 Å². The Morgan fingerprint density at radius 2 is 1.31 bits per heavy atom. The molecule has 0 fully saturated rings. The number of hydrogen-bond acceptors (Lipinski definition) is 0. The molecule has 0 amide bonds. The molecule has 0 aliphatic heterocycles. The molecule has 0 heterocycles. The summed E-state index contributed by atoms with van der Waals surface area (Å²) in [6.45, 7) is 4.12. The molecule has 0 saturated heterocycles. The second-order valence-electron chi connectivity index (χ2n) is 2.93. The van der Waals surface area contributed by atoms with E-state index in [0.29, 0.717) is 0 Å². The molecule has 0 atom stereocenters. The van der Waals surface area contributed by atoms with E-state index in [2.05, 4.69) is 50.3 Å². The number of allylic oxidation sites excluding steroid dienone is 8. The second kappa shape index (κ2) is 7.00. The minimum atomic E-state index is 0. The van der Waals surface area contributed by atoms with Crippen molar-refractivity contribution in [2.24, 2.45) is 0 Å². The van der Waals surface area contributed by atoms with Crippen molar-refractivity contribution in [2.45, 2.75) is 26.7 Å². The van der Waals surface area contributed by atoms with Gasteiger partial charge in [0.2, 0.25) is 0 Å². The molecule has 0 nitrogen and oxygen atoms in total. The molecule has 0 aromatic carbocycles. The molecular weight excluding hydrogens is 195 g/mol. The van der Waals surface area contributed by atoms with E-state index in [9.17, 15) is 0 Å². The Morgan fingerprint density at radius 3 is 1.38 bits per heavy atom.